The number of carbonyl (C=O) groups is 1. The second-order valence-corrected chi connectivity index (χ2v) is 6.30. The quantitative estimate of drug-likeness (QED) is 0.341. The number of H-pyrrole nitrogens is 1. The molecular formula is C22H24N2O5. The number of fused-ring (bicyclic) bond motifs is 1. The lowest BCUT2D eigenvalue weighted by Gasteiger charge is -2.09. The van der Waals surface area contributed by atoms with Crippen molar-refractivity contribution in [3.05, 3.63) is 64.6 Å². The van der Waals surface area contributed by atoms with Gasteiger partial charge in [0, 0.05) is 12.6 Å². The second kappa shape index (κ2) is 9.64. The maximum atomic E-state index is 12.0. The number of benzene rings is 2. The third-order valence-electron chi connectivity index (χ3n) is 4.35. The van der Waals surface area contributed by atoms with Gasteiger partial charge in [-0.3, -0.25) is 4.57 Å². The number of esters is 1. The van der Waals surface area contributed by atoms with Crippen LogP contribution in [0.25, 0.3) is 17.1 Å². The Balaban J connectivity index is 1.51. The third-order valence-corrected chi connectivity index (χ3v) is 4.35. The summed E-state index contributed by atoms with van der Waals surface area (Å²) in [6, 6.07) is 12.9. The van der Waals surface area contributed by atoms with Crippen molar-refractivity contribution >= 4 is 23.1 Å². The highest BCUT2D eigenvalue weighted by Crippen LogP contribution is 2.28. The Morgan fingerprint density at radius 1 is 1.17 bits per heavy atom. The van der Waals surface area contributed by atoms with Gasteiger partial charge in [-0.25, -0.2) is 9.59 Å². The fourth-order valence-corrected chi connectivity index (χ4v) is 3.00. The van der Waals surface area contributed by atoms with Gasteiger partial charge in [0.2, 0.25) is 0 Å². The molecule has 3 rings (SSSR count). The summed E-state index contributed by atoms with van der Waals surface area (Å²) in [6.45, 7) is 3.14. The molecule has 0 radical (unpaired) electrons. The first-order chi connectivity index (χ1) is 14.1. The van der Waals surface area contributed by atoms with Gasteiger partial charge in [-0.1, -0.05) is 18.2 Å². The molecule has 0 aliphatic heterocycles. The van der Waals surface area contributed by atoms with Crippen molar-refractivity contribution in [3.8, 4) is 11.5 Å². The summed E-state index contributed by atoms with van der Waals surface area (Å²) in [5.74, 6) is 0.818. The Kier molecular flexibility index (Phi) is 6.73. The van der Waals surface area contributed by atoms with Crippen LogP contribution < -0.4 is 15.2 Å². The van der Waals surface area contributed by atoms with Crippen molar-refractivity contribution < 1.29 is 19.0 Å². The lowest BCUT2D eigenvalue weighted by molar-refractivity contribution is -0.137. The molecule has 0 bridgehead atoms. The molecule has 1 heterocycles. The van der Waals surface area contributed by atoms with Crippen molar-refractivity contribution in [1.82, 2.24) is 9.55 Å². The second-order valence-electron chi connectivity index (χ2n) is 6.30. The molecular weight excluding hydrogens is 372 g/mol. The van der Waals surface area contributed by atoms with Gasteiger partial charge in [0.1, 0.15) is 0 Å². The summed E-state index contributed by atoms with van der Waals surface area (Å²) in [7, 11) is 1.57. The maximum Gasteiger partial charge on any atom is 0.330 e. The molecule has 152 valence electrons. The third kappa shape index (κ3) is 5.07. The number of aromatic amines is 1. The van der Waals surface area contributed by atoms with E-state index in [1.807, 2.05) is 37.3 Å². The van der Waals surface area contributed by atoms with Gasteiger partial charge < -0.3 is 19.2 Å². The minimum atomic E-state index is -0.441. The number of methoxy groups -OCH3 is 1. The Morgan fingerprint density at radius 3 is 2.79 bits per heavy atom. The summed E-state index contributed by atoms with van der Waals surface area (Å²) >= 11 is 0. The van der Waals surface area contributed by atoms with Crippen LogP contribution in [0.2, 0.25) is 0 Å². The summed E-state index contributed by atoms with van der Waals surface area (Å²) in [6.07, 6.45) is 3.57. The number of aromatic nitrogens is 2. The number of ether oxygens (including phenoxy) is 3. The van der Waals surface area contributed by atoms with Gasteiger partial charge >= 0.3 is 11.7 Å². The first kappa shape index (κ1) is 20.3. The summed E-state index contributed by atoms with van der Waals surface area (Å²) in [5.41, 5.74) is 2.27. The molecule has 0 saturated carbocycles. The molecule has 7 heteroatoms. The first-order valence-corrected chi connectivity index (χ1v) is 9.45. The number of nitrogens with zero attached hydrogens (tertiary/aromatic N) is 1. The molecule has 2 aromatic carbocycles. The van der Waals surface area contributed by atoms with Gasteiger partial charge in [0.15, 0.2) is 11.5 Å². The van der Waals surface area contributed by atoms with E-state index in [4.69, 9.17) is 14.2 Å². The smallest absolute Gasteiger partial charge is 0.330 e. The van der Waals surface area contributed by atoms with Gasteiger partial charge in [0.05, 0.1) is 31.4 Å². The highest BCUT2D eigenvalue weighted by Gasteiger charge is 2.07. The standard InChI is InChI=1S/C22H24N2O5/c1-3-28-19-11-9-16(15-20(19)27-2)10-12-21(25)29-14-6-13-24-18-8-5-4-7-17(18)23-22(24)26/h4-5,7-12,15H,3,6,13-14H2,1-2H3,(H,23,26)/b12-10+. The summed E-state index contributed by atoms with van der Waals surface area (Å²) in [5, 5.41) is 0. The zero-order valence-corrected chi connectivity index (χ0v) is 16.5. The van der Waals surface area contributed by atoms with Crippen LogP contribution in [0, 0.1) is 0 Å². The van der Waals surface area contributed by atoms with Crippen LogP contribution in [0.4, 0.5) is 0 Å². The van der Waals surface area contributed by atoms with Gasteiger partial charge in [-0.15, -0.1) is 0 Å². The van der Waals surface area contributed by atoms with E-state index in [1.165, 1.54) is 6.08 Å². The zero-order chi connectivity index (χ0) is 20.6. The molecule has 0 fully saturated rings. The lowest BCUT2D eigenvalue weighted by Crippen LogP contribution is -2.18. The highest BCUT2D eigenvalue weighted by molar-refractivity contribution is 5.87. The number of aryl methyl sites for hydroxylation is 1. The summed E-state index contributed by atoms with van der Waals surface area (Å²) in [4.78, 5) is 26.8. The van der Waals surface area contributed by atoms with Crippen LogP contribution in [0.1, 0.15) is 18.9 Å². The molecule has 0 aliphatic carbocycles. The van der Waals surface area contributed by atoms with Crippen molar-refractivity contribution in [2.45, 2.75) is 19.9 Å². The Bertz CT molecular complexity index is 1060. The number of rotatable bonds is 9. The number of carbonyl (C=O) groups excluding carboxylic acids is 1. The molecule has 0 unspecified atom stereocenters. The Labute approximate surface area is 168 Å². The van der Waals surface area contributed by atoms with Crippen LogP contribution >= 0.6 is 0 Å². The maximum absolute atomic E-state index is 12.0. The molecule has 3 aromatic rings. The van der Waals surface area contributed by atoms with E-state index in [1.54, 1.807) is 29.9 Å². The zero-order valence-electron chi connectivity index (χ0n) is 16.5. The van der Waals surface area contributed by atoms with E-state index in [0.29, 0.717) is 31.1 Å². The minimum Gasteiger partial charge on any atom is -0.493 e. The van der Waals surface area contributed by atoms with E-state index < -0.39 is 5.97 Å². The molecule has 0 aliphatic rings. The molecule has 29 heavy (non-hydrogen) atoms. The van der Waals surface area contributed by atoms with Gasteiger partial charge in [-0.2, -0.15) is 0 Å². The van der Waals surface area contributed by atoms with E-state index in [-0.39, 0.29) is 12.3 Å². The van der Waals surface area contributed by atoms with Crippen LogP contribution in [-0.2, 0) is 16.1 Å². The van der Waals surface area contributed by atoms with E-state index in [2.05, 4.69) is 4.98 Å². The Hall–Kier alpha value is -3.48. The van der Waals surface area contributed by atoms with Crippen LogP contribution in [-0.4, -0.2) is 35.8 Å². The molecule has 1 aromatic heterocycles. The SMILES string of the molecule is CCOc1ccc(/C=C/C(=O)OCCCn2c(=O)[nH]c3ccccc32)cc1OC. The van der Waals surface area contributed by atoms with E-state index in [0.717, 1.165) is 16.6 Å². The number of hydrogen-bond acceptors (Lipinski definition) is 5. The van der Waals surface area contributed by atoms with Crippen LogP contribution in [0.3, 0.4) is 0 Å². The van der Waals surface area contributed by atoms with Gasteiger partial charge in [-0.05, 0) is 49.2 Å². The molecule has 0 amide bonds. The van der Waals surface area contributed by atoms with Crippen molar-refractivity contribution in [2.75, 3.05) is 20.3 Å². The van der Waals surface area contributed by atoms with E-state index >= 15 is 0 Å². The normalized spacial score (nSPS) is 11.1. The Morgan fingerprint density at radius 2 is 2.00 bits per heavy atom. The fourth-order valence-electron chi connectivity index (χ4n) is 3.00. The summed E-state index contributed by atoms with van der Waals surface area (Å²) < 4.78 is 17.6. The largest absolute Gasteiger partial charge is 0.493 e. The molecule has 1 N–H and O–H groups in total. The highest BCUT2D eigenvalue weighted by atomic mass is 16.5. The molecule has 7 nitrogen and oxygen atoms in total. The average molecular weight is 396 g/mol. The predicted molar refractivity (Wildman–Crippen MR) is 111 cm³/mol. The number of hydrogen-bond donors (Lipinski definition) is 1. The number of nitrogens with one attached hydrogen (secondary N) is 1. The number of imidazole rings is 1. The van der Waals surface area contributed by atoms with Crippen molar-refractivity contribution in [2.24, 2.45) is 0 Å². The molecule has 0 saturated heterocycles. The van der Waals surface area contributed by atoms with Crippen molar-refractivity contribution in [3.63, 3.8) is 0 Å². The van der Waals surface area contributed by atoms with Gasteiger partial charge in [0.25, 0.3) is 0 Å². The fraction of sp³-hybridized carbons (Fsp3) is 0.273. The predicted octanol–water partition coefficient (Wildman–Crippen LogP) is 3.38. The average Bonchev–Trinajstić information content (AvgIpc) is 3.05. The number of para-hydroxylation sites is 2. The minimum absolute atomic E-state index is 0.165. The monoisotopic (exact) mass is 396 g/mol. The van der Waals surface area contributed by atoms with Crippen LogP contribution in [0.5, 0.6) is 11.5 Å². The topological polar surface area (TPSA) is 82.5 Å². The molecule has 0 atom stereocenters. The van der Waals surface area contributed by atoms with E-state index in [9.17, 15) is 9.59 Å². The lowest BCUT2D eigenvalue weighted by atomic mass is 10.2. The molecule has 0 spiro atoms. The van der Waals surface area contributed by atoms with Crippen LogP contribution in [0.15, 0.2) is 53.3 Å². The first-order valence-electron chi connectivity index (χ1n) is 9.45. The van der Waals surface area contributed by atoms with Crippen molar-refractivity contribution in [1.29, 1.82) is 0 Å².